The van der Waals surface area contributed by atoms with E-state index in [2.05, 4.69) is 46.7 Å². The number of unbranched alkanes of at least 4 members (excludes halogenated alkanes) is 4. The Morgan fingerprint density at radius 2 is 1.81 bits per heavy atom. The molecular formula is C14H28BCl. The smallest absolute Gasteiger partial charge is 0.189 e. The van der Waals surface area contributed by atoms with E-state index in [-0.39, 0.29) is 11.4 Å². The average molecular weight is 243 g/mol. The van der Waals surface area contributed by atoms with Gasteiger partial charge in [0.2, 0.25) is 0 Å². The van der Waals surface area contributed by atoms with Gasteiger partial charge in [-0.1, -0.05) is 60.0 Å². The van der Waals surface area contributed by atoms with Gasteiger partial charge in [0.1, 0.15) is 0 Å². The van der Waals surface area contributed by atoms with E-state index >= 15 is 0 Å². The van der Waals surface area contributed by atoms with Crippen molar-refractivity contribution in [1.82, 2.24) is 0 Å². The van der Waals surface area contributed by atoms with Crippen LogP contribution in [0.3, 0.4) is 0 Å². The molecule has 0 bridgehead atoms. The lowest BCUT2D eigenvalue weighted by atomic mass is 9.48. The first-order chi connectivity index (χ1) is 7.42. The average Bonchev–Trinajstić information content (AvgIpc) is 2.22. The highest BCUT2D eigenvalue weighted by atomic mass is 35.5. The lowest BCUT2D eigenvalue weighted by Gasteiger charge is -2.30. The summed E-state index contributed by atoms with van der Waals surface area (Å²) >= 11 is 6.42. The van der Waals surface area contributed by atoms with Crippen LogP contribution in [-0.4, -0.2) is 6.13 Å². The zero-order valence-electron chi connectivity index (χ0n) is 11.7. The molecule has 0 aromatic heterocycles. The summed E-state index contributed by atoms with van der Waals surface area (Å²) in [7, 11) is 0. The molecule has 0 nitrogen and oxygen atoms in total. The molecule has 94 valence electrons. The van der Waals surface area contributed by atoms with Crippen molar-refractivity contribution >= 4 is 17.6 Å². The van der Waals surface area contributed by atoms with E-state index in [0.717, 1.165) is 0 Å². The van der Waals surface area contributed by atoms with Gasteiger partial charge in [0.25, 0.3) is 6.13 Å². The van der Waals surface area contributed by atoms with Crippen LogP contribution < -0.4 is 0 Å². The van der Waals surface area contributed by atoms with Crippen molar-refractivity contribution in [3.63, 3.8) is 0 Å². The van der Waals surface area contributed by atoms with Gasteiger partial charge in [-0.3, -0.25) is 0 Å². The molecule has 0 atom stereocenters. The van der Waals surface area contributed by atoms with Crippen molar-refractivity contribution in [3.8, 4) is 0 Å². The fourth-order valence-corrected chi connectivity index (χ4v) is 1.83. The Morgan fingerprint density at radius 3 is 2.31 bits per heavy atom. The highest BCUT2D eigenvalue weighted by Gasteiger charge is 2.32. The van der Waals surface area contributed by atoms with E-state index in [0.29, 0.717) is 5.92 Å². The summed E-state index contributed by atoms with van der Waals surface area (Å²) in [6.45, 7) is 11.2. The first kappa shape index (κ1) is 16.1. The zero-order chi connectivity index (χ0) is 12.6. The van der Waals surface area contributed by atoms with Gasteiger partial charge >= 0.3 is 0 Å². The lowest BCUT2D eigenvalue weighted by molar-refractivity contribution is 0.473. The molecule has 0 rings (SSSR count). The Morgan fingerprint density at radius 1 is 1.19 bits per heavy atom. The molecular weight excluding hydrogens is 214 g/mol. The van der Waals surface area contributed by atoms with Crippen LogP contribution >= 0.6 is 11.5 Å². The third kappa shape index (κ3) is 5.99. The molecule has 0 amide bonds. The van der Waals surface area contributed by atoms with Gasteiger partial charge in [0, 0.05) is 0 Å². The molecule has 0 N–H and O–H groups in total. The summed E-state index contributed by atoms with van der Waals surface area (Å²) < 4.78 is 0. The summed E-state index contributed by atoms with van der Waals surface area (Å²) in [6.07, 6.45) is 8.91. The lowest BCUT2D eigenvalue weighted by Crippen LogP contribution is -2.25. The van der Waals surface area contributed by atoms with E-state index in [1.165, 1.54) is 32.1 Å². The monoisotopic (exact) mass is 242 g/mol. The van der Waals surface area contributed by atoms with Crippen molar-refractivity contribution in [2.45, 2.75) is 72.0 Å². The minimum Gasteiger partial charge on any atom is -0.189 e. The molecule has 0 heterocycles. The second-order valence-electron chi connectivity index (χ2n) is 5.66. The quantitative estimate of drug-likeness (QED) is 0.377. The van der Waals surface area contributed by atoms with Gasteiger partial charge in [-0.25, -0.2) is 0 Å². The predicted octanol–water partition coefficient (Wildman–Crippen LogP) is 5.72. The Kier molecular flexibility index (Phi) is 8.27. The van der Waals surface area contributed by atoms with Crippen molar-refractivity contribution in [3.05, 3.63) is 12.1 Å². The molecule has 0 spiro atoms. The topological polar surface area (TPSA) is 0 Å². The van der Waals surface area contributed by atoms with E-state index < -0.39 is 0 Å². The maximum Gasteiger partial charge on any atom is 0.281 e. The van der Waals surface area contributed by atoms with Crippen LogP contribution in [0.25, 0.3) is 0 Å². The Bertz CT molecular complexity index is 197. The summed E-state index contributed by atoms with van der Waals surface area (Å²) in [6, 6.07) is 0. The fraction of sp³-hybridized carbons (Fsp3) is 0.857. The molecule has 0 fully saturated rings. The highest BCUT2D eigenvalue weighted by Crippen LogP contribution is 2.39. The van der Waals surface area contributed by atoms with Crippen molar-refractivity contribution in [2.24, 2.45) is 5.92 Å². The zero-order valence-corrected chi connectivity index (χ0v) is 12.5. The Labute approximate surface area is 108 Å². The first-order valence-electron chi connectivity index (χ1n) is 6.73. The molecule has 0 aliphatic carbocycles. The fourth-order valence-electron chi connectivity index (χ4n) is 1.47. The standard InChI is InChI=1S/C14H28BCl/c1-6-7-8-9-10-11-12-15(16)14(4,5)13(2)3/h11-13H,6-10H2,1-5H3/b12-11+. The summed E-state index contributed by atoms with van der Waals surface area (Å²) in [4.78, 5) is 0. The van der Waals surface area contributed by atoms with Crippen LogP contribution in [0.5, 0.6) is 0 Å². The van der Waals surface area contributed by atoms with E-state index in [9.17, 15) is 0 Å². The maximum atomic E-state index is 6.42. The molecule has 16 heavy (non-hydrogen) atoms. The number of allylic oxidation sites excluding steroid dienone is 1. The van der Waals surface area contributed by atoms with Gasteiger partial charge in [-0.2, -0.15) is 11.5 Å². The predicted molar refractivity (Wildman–Crippen MR) is 78.4 cm³/mol. The Balaban J connectivity index is 3.86. The van der Waals surface area contributed by atoms with Gasteiger partial charge in [0.05, 0.1) is 0 Å². The van der Waals surface area contributed by atoms with Crippen molar-refractivity contribution in [1.29, 1.82) is 0 Å². The van der Waals surface area contributed by atoms with Crippen molar-refractivity contribution < 1.29 is 0 Å². The molecule has 0 radical (unpaired) electrons. The third-order valence-electron chi connectivity index (χ3n) is 3.73. The Hall–Kier alpha value is 0.0949. The summed E-state index contributed by atoms with van der Waals surface area (Å²) in [5.74, 6) is 2.80. The molecule has 2 heteroatoms. The van der Waals surface area contributed by atoms with Crippen LogP contribution in [0.1, 0.15) is 66.7 Å². The van der Waals surface area contributed by atoms with Crippen LogP contribution in [0.15, 0.2) is 12.1 Å². The van der Waals surface area contributed by atoms with E-state index in [1.54, 1.807) is 0 Å². The van der Waals surface area contributed by atoms with Crippen LogP contribution in [0.2, 0.25) is 5.31 Å². The van der Waals surface area contributed by atoms with Crippen LogP contribution in [-0.2, 0) is 0 Å². The largest absolute Gasteiger partial charge is 0.281 e. The number of hydrogen-bond donors (Lipinski definition) is 0. The van der Waals surface area contributed by atoms with E-state index in [1.807, 2.05) is 0 Å². The first-order valence-corrected chi connectivity index (χ1v) is 7.17. The van der Waals surface area contributed by atoms with Gasteiger partial charge in [-0.15, -0.1) is 5.98 Å². The molecule has 0 saturated heterocycles. The van der Waals surface area contributed by atoms with E-state index in [4.69, 9.17) is 11.5 Å². The normalized spacial score (nSPS) is 12.7. The van der Waals surface area contributed by atoms with Gasteiger partial charge in [-0.05, 0) is 24.1 Å². The highest BCUT2D eigenvalue weighted by molar-refractivity contribution is 7.11. The molecule has 0 aromatic rings. The molecule has 0 saturated carbocycles. The minimum atomic E-state index is 0.152. The molecule has 0 aromatic carbocycles. The van der Waals surface area contributed by atoms with Crippen molar-refractivity contribution in [2.75, 3.05) is 0 Å². The van der Waals surface area contributed by atoms with Crippen LogP contribution in [0, 0.1) is 5.92 Å². The maximum absolute atomic E-state index is 6.42. The summed E-state index contributed by atoms with van der Waals surface area (Å²) in [5.41, 5.74) is 0. The third-order valence-corrected chi connectivity index (χ3v) is 4.44. The number of rotatable bonds is 8. The second kappa shape index (κ2) is 8.22. The van der Waals surface area contributed by atoms with Crippen LogP contribution in [0.4, 0.5) is 0 Å². The molecule has 0 unspecified atom stereocenters. The SMILES string of the molecule is CCCCCC/C=C/B(Cl)C(C)(C)C(C)C. The van der Waals surface area contributed by atoms with Gasteiger partial charge < -0.3 is 0 Å². The second-order valence-corrected chi connectivity index (χ2v) is 6.13. The summed E-state index contributed by atoms with van der Waals surface area (Å²) in [5, 5.41) is 0.182. The number of hydrogen-bond acceptors (Lipinski definition) is 0. The molecule has 0 aliphatic rings. The minimum absolute atomic E-state index is 0.152. The molecule has 0 aliphatic heterocycles. The van der Waals surface area contributed by atoms with Gasteiger partial charge in [0.15, 0.2) is 0 Å². The number of halogens is 1.